The molecule has 1 fully saturated rings. The molecule has 0 aliphatic carbocycles. The lowest BCUT2D eigenvalue weighted by atomic mass is 10.1. The summed E-state index contributed by atoms with van der Waals surface area (Å²) >= 11 is 12.1. The van der Waals surface area contributed by atoms with Gasteiger partial charge in [0.05, 0.1) is 10.0 Å². The van der Waals surface area contributed by atoms with Crippen molar-refractivity contribution in [3.8, 4) is 5.75 Å². The highest BCUT2D eigenvalue weighted by atomic mass is 35.5. The molecule has 1 atom stereocenters. The minimum atomic E-state index is -0.134. The molecule has 9 heteroatoms. The van der Waals surface area contributed by atoms with Gasteiger partial charge in [-0.15, -0.1) is 12.4 Å². The van der Waals surface area contributed by atoms with Crippen molar-refractivity contribution in [1.82, 2.24) is 15.4 Å². The second-order valence-corrected chi connectivity index (χ2v) is 6.71. The van der Waals surface area contributed by atoms with Crippen LogP contribution in [0, 0.1) is 0 Å². The van der Waals surface area contributed by atoms with Gasteiger partial charge in [0.15, 0.2) is 17.2 Å². The quantitative estimate of drug-likeness (QED) is 0.797. The Kier molecular flexibility index (Phi) is 7.58. The average Bonchev–Trinajstić information content (AvgIpc) is 3.09. The molecule has 0 bridgehead atoms. The number of piperidine rings is 1. The van der Waals surface area contributed by atoms with Crippen LogP contribution in [0.2, 0.25) is 10.0 Å². The molecular formula is C17H20Cl3N3O3. The molecule has 2 heterocycles. The summed E-state index contributed by atoms with van der Waals surface area (Å²) in [5, 5.41) is 7.90. The van der Waals surface area contributed by atoms with Crippen LogP contribution in [0.15, 0.2) is 28.8 Å². The van der Waals surface area contributed by atoms with Gasteiger partial charge in [0, 0.05) is 25.2 Å². The monoisotopic (exact) mass is 419 g/mol. The zero-order valence-electron chi connectivity index (χ0n) is 14.2. The number of para-hydroxylation sites is 1. The summed E-state index contributed by atoms with van der Waals surface area (Å²) < 4.78 is 10.8. The van der Waals surface area contributed by atoms with Gasteiger partial charge in [-0.1, -0.05) is 34.4 Å². The van der Waals surface area contributed by atoms with E-state index in [9.17, 15) is 4.79 Å². The van der Waals surface area contributed by atoms with Crippen LogP contribution < -0.4 is 10.1 Å². The van der Waals surface area contributed by atoms with E-state index in [2.05, 4.69) is 10.5 Å². The first-order valence-electron chi connectivity index (χ1n) is 8.07. The molecular weight excluding hydrogens is 401 g/mol. The highest BCUT2D eigenvalue weighted by Crippen LogP contribution is 2.33. The third kappa shape index (κ3) is 4.82. The maximum Gasteiger partial charge on any atom is 0.276 e. The Morgan fingerprint density at radius 3 is 2.85 bits per heavy atom. The van der Waals surface area contributed by atoms with E-state index in [1.165, 1.54) is 0 Å². The van der Waals surface area contributed by atoms with Gasteiger partial charge in [-0.2, -0.15) is 0 Å². The minimum Gasteiger partial charge on any atom is -0.482 e. The number of carbonyl (C=O) groups excluding carboxylic acids is 1. The number of hydrogen-bond donors (Lipinski definition) is 1. The fraction of sp³-hybridized carbons (Fsp3) is 0.412. The van der Waals surface area contributed by atoms with Crippen molar-refractivity contribution in [3.05, 3.63) is 45.8 Å². The molecule has 3 rings (SSSR count). The molecule has 1 aliphatic heterocycles. The van der Waals surface area contributed by atoms with Crippen LogP contribution in [0.5, 0.6) is 5.75 Å². The van der Waals surface area contributed by atoms with E-state index in [0.29, 0.717) is 34.1 Å². The van der Waals surface area contributed by atoms with E-state index in [-0.39, 0.29) is 30.6 Å². The highest BCUT2D eigenvalue weighted by Gasteiger charge is 2.25. The maximum atomic E-state index is 12.5. The van der Waals surface area contributed by atoms with Crippen LogP contribution in [-0.2, 0) is 6.61 Å². The number of likely N-dealkylation sites (tertiary alicyclic amines) is 1. The smallest absolute Gasteiger partial charge is 0.276 e. The second-order valence-electron chi connectivity index (χ2n) is 5.90. The Labute approximate surface area is 168 Å². The Bertz CT molecular complexity index is 734. The van der Waals surface area contributed by atoms with Crippen molar-refractivity contribution >= 4 is 41.5 Å². The van der Waals surface area contributed by atoms with Crippen LogP contribution in [0.3, 0.4) is 0 Å². The zero-order valence-corrected chi connectivity index (χ0v) is 16.5. The molecule has 0 radical (unpaired) electrons. The van der Waals surface area contributed by atoms with E-state index >= 15 is 0 Å². The number of nitrogens with one attached hydrogen (secondary N) is 1. The normalized spacial score (nSPS) is 16.9. The molecule has 1 amide bonds. The summed E-state index contributed by atoms with van der Waals surface area (Å²) in [7, 11) is 1.91. The van der Waals surface area contributed by atoms with Crippen LogP contribution in [0.1, 0.15) is 29.1 Å². The molecule has 1 aliphatic rings. The molecule has 1 unspecified atom stereocenters. The topological polar surface area (TPSA) is 67.6 Å². The summed E-state index contributed by atoms with van der Waals surface area (Å²) in [6.45, 7) is 1.48. The molecule has 1 saturated heterocycles. The predicted molar refractivity (Wildman–Crippen MR) is 103 cm³/mol. The standard InChI is InChI=1S/C17H19Cl2N3O3.ClH/c1-20-11-4-3-7-22(9-11)17(23)15-8-12(25-21-15)10-24-16-13(18)5-2-6-14(16)19;/h2,5-6,8,11,20H,3-4,7,9-10H2,1H3;1H. The Hall–Kier alpha value is -1.47. The number of benzene rings is 1. The fourth-order valence-electron chi connectivity index (χ4n) is 2.80. The maximum absolute atomic E-state index is 12.5. The van der Waals surface area contributed by atoms with Crippen LogP contribution in [0.25, 0.3) is 0 Å². The first kappa shape index (κ1) is 20.8. The molecule has 26 heavy (non-hydrogen) atoms. The van der Waals surface area contributed by atoms with Gasteiger partial charge in [-0.3, -0.25) is 4.79 Å². The SMILES string of the molecule is CNC1CCCN(C(=O)c2cc(COc3c(Cl)cccc3Cl)on2)C1.Cl. The molecule has 1 aromatic heterocycles. The summed E-state index contributed by atoms with van der Waals surface area (Å²) in [5.74, 6) is 0.676. The number of nitrogens with zero attached hydrogens (tertiary/aromatic N) is 2. The van der Waals surface area contributed by atoms with Gasteiger partial charge in [0.1, 0.15) is 6.61 Å². The number of aromatic nitrogens is 1. The lowest BCUT2D eigenvalue weighted by Crippen LogP contribution is -2.47. The number of rotatable bonds is 5. The van der Waals surface area contributed by atoms with E-state index in [1.807, 2.05) is 7.05 Å². The van der Waals surface area contributed by atoms with Crippen molar-refractivity contribution in [2.75, 3.05) is 20.1 Å². The first-order chi connectivity index (χ1) is 12.1. The summed E-state index contributed by atoms with van der Waals surface area (Å²) in [4.78, 5) is 14.3. The molecule has 1 aromatic carbocycles. The summed E-state index contributed by atoms with van der Waals surface area (Å²) in [6.07, 6.45) is 2.03. The average molecular weight is 421 g/mol. The van der Waals surface area contributed by atoms with Crippen molar-refractivity contribution in [3.63, 3.8) is 0 Å². The van der Waals surface area contributed by atoms with Crippen molar-refractivity contribution < 1.29 is 14.1 Å². The number of ether oxygens (including phenoxy) is 1. The highest BCUT2D eigenvalue weighted by molar-refractivity contribution is 6.37. The van der Waals surface area contributed by atoms with Crippen molar-refractivity contribution in [1.29, 1.82) is 0 Å². The Morgan fingerprint density at radius 2 is 2.15 bits per heavy atom. The van der Waals surface area contributed by atoms with E-state index in [1.54, 1.807) is 29.2 Å². The molecule has 6 nitrogen and oxygen atoms in total. The van der Waals surface area contributed by atoms with Crippen molar-refractivity contribution in [2.45, 2.75) is 25.5 Å². The van der Waals surface area contributed by atoms with Gasteiger partial charge < -0.3 is 19.5 Å². The largest absolute Gasteiger partial charge is 0.482 e. The molecule has 142 valence electrons. The lowest BCUT2D eigenvalue weighted by Gasteiger charge is -2.31. The molecule has 0 saturated carbocycles. The van der Waals surface area contributed by atoms with Gasteiger partial charge >= 0.3 is 0 Å². The third-order valence-corrected chi connectivity index (χ3v) is 4.77. The van der Waals surface area contributed by atoms with Gasteiger partial charge in [-0.25, -0.2) is 0 Å². The van der Waals surface area contributed by atoms with Crippen molar-refractivity contribution in [2.24, 2.45) is 0 Å². The van der Waals surface area contributed by atoms with Gasteiger partial charge in [-0.05, 0) is 32.0 Å². The van der Waals surface area contributed by atoms with Crippen LogP contribution in [0.4, 0.5) is 0 Å². The number of amides is 1. The third-order valence-electron chi connectivity index (χ3n) is 4.17. The lowest BCUT2D eigenvalue weighted by molar-refractivity contribution is 0.0687. The Balaban J connectivity index is 0.00000243. The number of likely N-dealkylation sites (N-methyl/N-ethyl adjacent to an activating group) is 1. The molecule has 0 spiro atoms. The molecule has 2 aromatic rings. The zero-order chi connectivity index (χ0) is 17.8. The number of hydrogen-bond acceptors (Lipinski definition) is 5. The predicted octanol–water partition coefficient (Wildman–Crippen LogP) is 3.81. The number of halogens is 3. The van der Waals surface area contributed by atoms with E-state index in [4.69, 9.17) is 32.5 Å². The van der Waals surface area contributed by atoms with E-state index < -0.39 is 0 Å². The summed E-state index contributed by atoms with van der Waals surface area (Å²) in [6, 6.07) is 7.02. The van der Waals surface area contributed by atoms with E-state index in [0.717, 1.165) is 19.4 Å². The number of carbonyl (C=O) groups is 1. The molecule has 1 N–H and O–H groups in total. The van der Waals surface area contributed by atoms with Gasteiger partial charge in [0.2, 0.25) is 0 Å². The fourth-order valence-corrected chi connectivity index (χ4v) is 3.31. The van der Waals surface area contributed by atoms with Crippen LogP contribution in [-0.4, -0.2) is 42.1 Å². The minimum absolute atomic E-state index is 0. The van der Waals surface area contributed by atoms with Crippen LogP contribution >= 0.6 is 35.6 Å². The second kappa shape index (κ2) is 9.46. The first-order valence-corrected chi connectivity index (χ1v) is 8.83. The summed E-state index contributed by atoms with van der Waals surface area (Å²) in [5.41, 5.74) is 0.278. The Morgan fingerprint density at radius 1 is 1.42 bits per heavy atom. The van der Waals surface area contributed by atoms with Gasteiger partial charge in [0.25, 0.3) is 5.91 Å².